The summed E-state index contributed by atoms with van der Waals surface area (Å²) in [6.45, 7) is -0.960. The lowest BCUT2D eigenvalue weighted by atomic mass is 10.0. The van der Waals surface area contributed by atoms with Crippen molar-refractivity contribution in [2.75, 3.05) is 6.61 Å². The second-order valence-electron chi connectivity index (χ2n) is 9.45. The smallest absolute Gasteiger partial charge is 0.390 e. The van der Waals surface area contributed by atoms with Crippen LogP contribution in [0.4, 0.5) is 0 Å². The second kappa shape index (κ2) is 13.2. The number of aliphatic hydroxyl groups is 1. The van der Waals surface area contributed by atoms with Crippen molar-refractivity contribution in [2.24, 2.45) is 0 Å². The zero-order chi connectivity index (χ0) is 33.3. The summed E-state index contributed by atoms with van der Waals surface area (Å²) >= 11 is 0. The Bertz CT molecular complexity index is 1990. The molecule has 23 heteroatoms. The van der Waals surface area contributed by atoms with Gasteiger partial charge in [0.2, 0.25) is 0 Å². The standard InChI is InChI=1S/C23H23N6O14P3/c30-18-10-20(41-19(18)12-40-45(36,37)43-46(38,39)42-44(33,34)35)29-11-14(22(31)26-23(29)32)13-9-17(15-5-1-3-7-24-15)27-28-21(13)16-6-2-4-8-25-16/h1-9,11,18-20,30H,10,12H2,(H,36,37)(H,38,39)(H,26,31,32)(H2,33,34,35)/t18-,19+,20+/m0/s1. The fraction of sp³-hybridized carbons (Fsp3) is 0.217. The molecule has 2 unspecified atom stereocenters. The first kappa shape index (κ1) is 33.7. The molecule has 6 N–H and O–H groups in total. The third-order valence-corrected chi connectivity index (χ3v) is 10.0. The Morgan fingerprint density at radius 1 is 0.891 bits per heavy atom. The van der Waals surface area contributed by atoms with Crippen molar-refractivity contribution in [1.29, 1.82) is 0 Å². The number of aliphatic hydroxyl groups excluding tert-OH is 1. The molecule has 4 aromatic heterocycles. The maximum absolute atomic E-state index is 13.1. The van der Waals surface area contributed by atoms with E-state index in [2.05, 4.69) is 38.3 Å². The van der Waals surface area contributed by atoms with Crippen molar-refractivity contribution >= 4 is 23.5 Å². The topological polar surface area (TPSA) is 296 Å². The van der Waals surface area contributed by atoms with Gasteiger partial charge in [-0.15, -0.1) is 10.2 Å². The fourth-order valence-electron chi connectivity index (χ4n) is 4.33. The van der Waals surface area contributed by atoms with Crippen LogP contribution in [-0.2, 0) is 31.6 Å². The zero-order valence-electron chi connectivity index (χ0n) is 22.9. The second-order valence-corrected chi connectivity index (χ2v) is 13.9. The Hall–Kier alpha value is -3.61. The molecular weight excluding hydrogens is 677 g/mol. The van der Waals surface area contributed by atoms with Gasteiger partial charge in [-0.2, -0.15) is 8.62 Å². The highest BCUT2D eigenvalue weighted by Crippen LogP contribution is 2.66. The molecular formula is C23H23N6O14P3. The van der Waals surface area contributed by atoms with Crippen molar-refractivity contribution < 1.29 is 56.3 Å². The van der Waals surface area contributed by atoms with Gasteiger partial charge in [-0.1, -0.05) is 12.1 Å². The lowest BCUT2D eigenvalue weighted by Gasteiger charge is -2.19. The summed E-state index contributed by atoms with van der Waals surface area (Å²) in [6.07, 6.45) is -0.224. The minimum atomic E-state index is -5.77. The lowest BCUT2D eigenvalue weighted by molar-refractivity contribution is -0.0449. The van der Waals surface area contributed by atoms with Crippen LogP contribution in [0.1, 0.15) is 12.6 Å². The van der Waals surface area contributed by atoms with Crippen LogP contribution in [0.3, 0.4) is 0 Å². The number of phosphoric ester groups is 1. The summed E-state index contributed by atoms with van der Waals surface area (Å²) in [5.41, 5.74) is -0.312. The van der Waals surface area contributed by atoms with Crippen molar-refractivity contribution in [1.82, 2.24) is 29.7 Å². The van der Waals surface area contributed by atoms with E-state index in [1.807, 2.05) is 0 Å². The summed E-state index contributed by atoms with van der Waals surface area (Å²) in [6, 6.07) is 11.7. The van der Waals surface area contributed by atoms with Crippen LogP contribution in [0.5, 0.6) is 0 Å². The molecule has 46 heavy (non-hydrogen) atoms. The molecule has 20 nitrogen and oxygen atoms in total. The first-order valence-electron chi connectivity index (χ1n) is 12.8. The molecule has 1 aliphatic heterocycles. The predicted molar refractivity (Wildman–Crippen MR) is 153 cm³/mol. The largest absolute Gasteiger partial charge is 0.490 e. The number of hydrogen-bond donors (Lipinski definition) is 6. The van der Waals surface area contributed by atoms with Gasteiger partial charge in [0.05, 0.1) is 29.7 Å². The number of hydrogen-bond acceptors (Lipinski definition) is 14. The Balaban J connectivity index is 1.43. The number of ether oxygens (including phenoxy) is 1. The minimum absolute atomic E-state index is 0.0675. The maximum Gasteiger partial charge on any atom is 0.490 e. The van der Waals surface area contributed by atoms with Gasteiger partial charge in [0.25, 0.3) is 5.56 Å². The van der Waals surface area contributed by atoms with E-state index in [1.54, 1.807) is 42.6 Å². The minimum Gasteiger partial charge on any atom is -0.390 e. The van der Waals surface area contributed by atoms with Gasteiger partial charge in [0.1, 0.15) is 23.7 Å². The molecule has 5 atom stereocenters. The van der Waals surface area contributed by atoms with Gasteiger partial charge < -0.3 is 29.4 Å². The van der Waals surface area contributed by atoms with Crippen LogP contribution >= 0.6 is 23.5 Å². The Kier molecular flexibility index (Phi) is 9.72. The predicted octanol–water partition coefficient (Wildman–Crippen LogP) is 1.11. The number of phosphoric acid groups is 3. The van der Waals surface area contributed by atoms with E-state index in [-0.39, 0.29) is 23.2 Å². The molecule has 5 rings (SSSR count). The van der Waals surface area contributed by atoms with E-state index in [0.717, 1.165) is 10.8 Å². The van der Waals surface area contributed by atoms with Crippen LogP contribution in [0.2, 0.25) is 0 Å². The summed E-state index contributed by atoms with van der Waals surface area (Å²) in [7, 11) is -16.9. The average molecular weight is 700 g/mol. The number of nitrogens with one attached hydrogen (secondary N) is 1. The molecule has 0 radical (unpaired) electrons. The Labute approximate surface area is 256 Å². The highest BCUT2D eigenvalue weighted by atomic mass is 31.3. The molecule has 0 bridgehead atoms. The molecule has 4 aromatic rings. The molecule has 0 aliphatic carbocycles. The highest BCUT2D eigenvalue weighted by molar-refractivity contribution is 7.66. The molecule has 0 amide bonds. The molecule has 244 valence electrons. The van der Waals surface area contributed by atoms with Crippen molar-refractivity contribution in [3.63, 3.8) is 0 Å². The average Bonchev–Trinajstić information content (AvgIpc) is 3.35. The van der Waals surface area contributed by atoms with E-state index in [0.29, 0.717) is 17.1 Å². The van der Waals surface area contributed by atoms with E-state index >= 15 is 0 Å². The van der Waals surface area contributed by atoms with Crippen molar-refractivity contribution in [3.05, 3.63) is 81.9 Å². The molecule has 0 saturated carbocycles. The van der Waals surface area contributed by atoms with Gasteiger partial charge in [-0.3, -0.25) is 28.8 Å². The van der Waals surface area contributed by atoms with Gasteiger partial charge in [0, 0.05) is 30.6 Å². The molecule has 1 fully saturated rings. The SMILES string of the molecule is O=c1[nH]c(=O)n([C@H]2C[C@H](O)[C@@H](COP(=O)(O)OP(=O)(O)OP(=O)(O)O)O2)cc1-c1cc(-c2ccccn2)nnc1-c1ccccn1. The third kappa shape index (κ3) is 8.21. The van der Waals surface area contributed by atoms with Gasteiger partial charge >= 0.3 is 29.2 Å². The highest BCUT2D eigenvalue weighted by Gasteiger charge is 2.43. The molecule has 1 saturated heterocycles. The molecule has 1 aliphatic rings. The number of pyridine rings is 2. The maximum atomic E-state index is 13.1. The van der Waals surface area contributed by atoms with Gasteiger partial charge in [0.15, 0.2) is 0 Å². The normalized spacial score (nSPS) is 21.0. The number of nitrogens with zero attached hydrogens (tertiary/aromatic N) is 5. The molecule has 5 heterocycles. The van der Waals surface area contributed by atoms with Crippen LogP contribution < -0.4 is 11.2 Å². The number of aromatic nitrogens is 6. The summed E-state index contributed by atoms with van der Waals surface area (Å²) in [5, 5.41) is 19.0. The van der Waals surface area contributed by atoms with E-state index in [9.17, 15) is 38.2 Å². The monoisotopic (exact) mass is 700 g/mol. The summed E-state index contributed by atoms with van der Waals surface area (Å²) < 4.78 is 52.9. The van der Waals surface area contributed by atoms with E-state index < -0.39 is 59.8 Å². The molecule has 0 aromatic carbocycles. The lowest BCUT2D eigenvalue weighted by Crippen LogP contribution is -2.33. The zero-order valence-corrected chi connectivity index (χ0v) is 25.6. The van der Waals surface area contributed by atoms with E-state index in [4.69, 9.17) is 14.5 Å². The van der Waals surface area contributed by atoms with Crippen molar-refractivity contribution in [3.8, 4) is 33.9 Å². The van der Waals surface area contributed by atoms with Crippen LogP contribution in [0.25, 0.3) is 33.9 Å². The number of aromatic amines is 1. The summed E-state index contributed by atoms with van der Waals surface area (Å²) in [5.74, 6) is 0. The summed E-state index contributed by atoms with van der Waals surface area (Å²) in [4.78, 5) is 73.1. The number of H-pyrrole nitrogens is 1. The fourth-order valence-corrected chi connectivity index (χ4v) is 7.36. The van der Waals surface area contributed by atoms with Crippen LogP contribution in [-0.4, -0.2) is 73.2 Å². The quantitative estimate of drug-likeness (QED) is 0.119. The number of rotatable bonds is 11. The van der Waals surface area contributed by atoms with Crippen LogP contribution in [0, 0.1) is 0 Å². The molecule has 0 spiro atoms. The third-order valence-electron chi connectivity index (χ3n) is 6.22. The Morgan fingerprint density at radius 3 is 2.20 bits per heavy atom. The van der Waals surface area contributed by atoms with Gasteiger partial charge in [-0.25, -0.2) is 18.5 Å². The first-order valence-corrected chi connectivity index (χ1v) is 17.3. The van der Waals surface area contributed by atoms with Crippen LogP contribution in [0.15, 0.2) is 70.6 Å². The first-order chi connectivity index (χ1) is 21.6. The Morgan fingerprint density at radius 2 is 1.57 bits per heavy atom. The van der Waals surface area contributed by atoms with E-state index in [1.165, 1.54) is 12.3 Å². The van der Waals surface area contributed by atoms with Gasteiger partial charge in [-0.05, 0) is 30.3 Å². The van der Waals surface area contributed by atoms with Crippen molar-refractivity contribution in [2.45, 2.75) is 24.9 Å².